The van der Waals surface area contributed by atoms with Crippen molar-refractivity contribution in [2.75, 3.05) is 13.1 Å². The number of carbonyl (C=O) groups excluding carboxylic acids is 3. The third-order valence-electron chi connectivity index (χ3n) is 8.10. The minimum absolute atomic E-state index is 0.0867. The number of fused-ring (bicyclic) bond motifs is 1. The van der Waals surface area contributed by atoms with Crippen molar-refractivity contribution in [2.45, 2.75) is 56.8 Å². The molecule has 3 aliphatic heterocycles. The average Bonchev–Trinajstić information content (AvgIpc) is 3.10. The Bertz CT molecular complexity index is 1320. The fourth-order valence-corrected chi connectivity index (χ4v) is 6.17. The molecule has 6 rings (SSSR count). The lowest BCUT2D eigenvalue weighted by Gasteiger charge is -2.31. The van der Waals surface area contributed by atoms with Gasteiger partial charge >= 0.3 is 0 Å². The topological polar surface area (TPSA) is 79.0 Å². The van der Waals surface area contributed by atoms with Crippen LogP contribution in [0.15, 0.2) is 78.9 Å². The van der Waals surface area contributed by atoms with Gasteiger partial charge in [-0.1, -0.05) is 60.7 Å². The molecular weight excluding hydrogens is 490 g/mol. The van der Waals surface area contributed by atoms with Gasteiger partial charge in [-0.25, -0.2) is 0 Å². The molecule has 200 valence electrons. The van der Waals surface area contributed by atoms with Gasteiger partial charge in [0.05, 0.1) is 12.1 Å². The summed E-state index contributed by atoms with van der Waals surface area (Å²) in [4.78, 5) is 41.0. The van der Waals surface area contributed by atoms with Crippen molar-refractivity contribution in [2.24, 2.45) is 0 Å². The Morgan fingerprint density at radius 3 is 2.23 bits per heavy atom. The smallest absolute Gasteiger partial charge is 0.255 e. The summed E-state index contributed by atoms with van der Waals surface area (Å²) < 4.78 is 6.47. The van der Waals surface area contributed by atoms with Crippen LogP contribution in [0.3, 0.4) is 0 Å². The van der Waals surface area contributed by atoms with Crippen LogP contribution in [0, 0.1) is 0 Å². The lowest BCUT2D eigenvalue weighted by atomic mass is 9.97. The van der Waals surface area contributed by atoms with Crippen LogP contribution in [0.4, 0.5) is 0 Å². The summed E-state index contributed by atoms with van der Waals surface area (Å²) in [5, 5.41) is 2.36. The summed E-state index contributed by atoms with van der Waals surface area (Å²) >= 11 is 0. The van der Waals surface area contributed by atoms with E-state index in [0.717, 1.165) is 43.7 Å². The number of benzene rings is 3. The maximum absolute atomic E-state index is 13.0. The van der Waals surface area contributed by atoms with Crippen LogP contribution in [0.25, 0.3) is 0 Å². The Morgan fingerprint density at radius 1 is 0.821 bits per heavy atom. The summed E-state index contributed by atoms with van der Waals surface area (Å²) in [6.07, 6.45) is 3.61. The zero-order chi connectivity index (χ0) is 26.8. The van der Waals surface area contributed by atoms with Gasteiger partial charge in [0.25, 0.3) is 5.91 Å². The summed E-state index contributed by atoms with van der Waals surface area (Å²) in [6, 6.07) is 26.6. The van der Waals surface area contributed by atoms with E-state index in [1.54, 1.807) is 4.90 Å². The van der Waals surface area contributed by atoms with Gasteiger partial charge in [0.1, 0.15) is 11.8 Å². The first kappa shape index (κ1) is 25.3. The summed E-state index contributed by atoms with van der Waals surface area (Å²) in [6.45, 7) is 2.27. The molecule has 7 heteroatoms. The number of piperidine rings is 1. The molecule has 3 amide bonds. The van der Waals surface area contributed by atoms with Crippen LogP contribution >= 0.6 is 0 Å². The number of carbonyl (C=O) groups is 3. The zero-order valence-electron chi connectivity index (χ0n) is 21.9. The molecular formula is C32H33N3O4. The fraction of sp³-hybridized carbons (Fsp3) is 0.344. The fourth-order valence-electron chi connectivity index (χ4n) is 6.17. The Hall–Kier alpha value is -3.97. The van der Waals surface area contributed by atoms with E-state index in [-0.39, 0.29) is 30.4 Å². The standard InChI is InChI=1S/C32H33N3O4/c36-29-16-15-28(31(37)33-29)35-21-24-20-26(13-14-27(24)32(35)38)39-25-12-7-18-34(19-17-25)30(22-8-3-1-4-9-22)23-10-5-2-6-11-23/h1-6,8-11,13-14,20,25,28,30H,7,12,15-19,21H2,(H,33,36,37). The first-order chi connectivity index (χ1) is 19.1. The molecule has 1 N–H and O–H groups in total. The van der Waals surface area contributed by atoms with Gasteiger partial charge in [0.2, 0.25) is 11.8 Å². The molecule has 0 aromatic heterocycles. The molecule has 3 aliphatic rings. The van der Waals surface area contributed by atoms with E-state index in [9.17, 15) is 14.4 Å². The Morgan fingerprint density at radius 2 is 1.54 bits per heavy atom. The third-order valence-corrected chi connectivity index (χ3v) is 8.10. The van der Waals surface area contributed by atoms with Gasteiger partial charge in [-0.3, -0.25) is 24.6 Å². The maximum atomic E-state index is 13.0. The van der Waals surface area contributed by atoms with Crippen LogP contribution in [-0.4, -0.2) is 52.8 Å². The van der Waals surface area contributed by atoms with Crippen molar-refractivity contribution in [3.8, 4) is 5.75 Å². The highest BCUT2D eigenvalue weighted by atomic mass is 16.5. The molecule has 0 radical (unpaired) electrons. The van der Waals surface area contributed by atoms with E-state index in [1.165, 1.54) is 11.1 Å². The van der Waals surface area contributed by atoms with Crippen LogP contribution in [-0.2, 0) is 16.1 Å². The predicted octanol–water partition coefficient (Wildman–Crippen LogP) is 4.47. The highest BCUT2D eigenvalue weighted by Gasteiger charge is 2.39. The first-order valence-corrected chi connectivity index (χ1v) is 13.8. The number of imide groups is 1. The van der Waals surface area contributed by atoms with Crippen LogP contribution in [0.2, 0.25) is 0 Å². The van der Waals surface area contributed by atoms with E-state index in [2.05, 4.69) is 70.9 Å². The van der Waals surface area contributed by atoms with Crippen LogP contribution in [0.1, 0.15) is 65.2 Å². The van der Waals surface area contributed by atoms with Crippen molar-refractivity contribution >= 4 is 17.7 Å². The van der Waals surface area contributed by atoms with Crippen molar-refractivity contribution in [3.63, 3.8) is 0 Å². The summed E-state index contributed by atoms with van der Waals surface area (Å²) in [5.74, 6) is -0.0788. The van der Waals surface area contributed by atoms with E-state index in [4.69, 9.17) is 4.74 Å². The number of amides is 3. The molecule has 2 fully saturated rings. The number of nitrogens with one attached hydrogen (secondary N) is 1. The molecule has 3 heterocycles. The minimum Gasteiger partial charge on any atom is -0.490 e. The van der Waals surface area contributed by atoms with Crippen molar-refractivity contribution in [3.05, 3.63) is 101 Å². The van der Waals surface area contributed by atoms with E-state index in [0.29, 0.717) is 18.5 Å². The molecule has 0 saturated carbocycles. The molecule has 0 aliphatic carbocycles. The van der Waals surface area contributed by atoms with E-state index in [1.807, 2.05) is 18.2 Å². The summed E-state index contributed by atoms with van der Waals surface area (Å²) in [5.41, 5.74) is 4.07. The predicted molar refractivity (Wildman–Crippen MR) is 147 cm³/mol. The lowest BCUT2D eigenvalue weighted by molar-refractivity contribution is -0.136. The maximum Gasteiger partial charge on any atom is 0.255 e. The van der Waals surface area contributed by atoms with Crippen molar-refractivity contribution in [1.82, 2.24) is 15.1 Å². The zero-order valence-corrected chi connectivity index (χ0v) is 21.9. The normalized spacial score (nSPS) is 22.0. The second-order valence-corrected chi connectivity index (χ2v) is 10.6. The second-order valence-electron chi connectivity index (χ2n) is 10.6. The average molecular weight is 524 g/mol. The largest absolute Gasteiger partial charge is 0.490 e. The number of hydrogen-bond donors (Lipinski definition) is 1. The molecule has 0 spiro atoms. The van der Waals surface area contributed by atoms with Crippen molar-refractivity contribution < 1.29 is 19.1 Å². The molecule has 0 bridgehead atoms. The molecule has 2 saturated heterocycles. The highest BCUT2D eigenvalue weighted by Crippen LogP contribution is 2.33. The molecule has 3 aromatic carbocycles. The summed E-state index contributed by atoms with van der Waals surface area (Å²) in [7, 11) is 0. The number of hydrogen-bond acceptors (Lipinski definition) is 5. The Labute approximate surface area is 228 Å². The molecule has 7 nitrogen and oxygen atoms in total. The first-order valence-electron chi connectivity index (χ1n) is 13.8. The van der Waals surface area contributed by atoms with Gasteiger partial charge in [-0.15, -0.1) is 0 Å². The molecule has 39 heavy (non-hydrogen) atoms. The van der Waals surface area contributed by atoms with Gasteiger partial charge in [-0.05, 0) is 67.1 Å². The Kier molecular flexibility index (Phi) is 7.16. The van der Waals surface area contributed by atoms with Crippen LogP contribution in [0.5, 0.6) is 5.75 Å². The number of rotatable bonds is 6. The monoisotopic (exact) mass is 523 g/mol. The second kappa shape index (κ2) is 11.0. The van der Waals surface area contributed by atoms with Gasteiger partial charge in [-0.2, -0.15) is 0 Å². The van der Waals surface area contributed by atoms with Gasteiger partial charge < -0.3 is 9.64 Å². The Balaban J connectivity index is 1.13. The third kappa shape index (κ3) is 5.32. The van der Waals surface area contributed by atoms with Gasteiger partial charge in [0.15, 0.2) is 0 Å². The van der Waals surface area contributed by atoms with Crippen LogP contribution < -0.4 is 10.1 Å². The van der Waals surface area contributed by atoms with Crippen molar-refractivity contribution in [1.29, 1.82) is 0 Å². The molecule has 2 atom stereocenters. The number of nitrogens with zero attached hydrogens (tertiary/aromatic N) is 2. The minimum atomic E-state index is -0.609. The molecule has 3 aromatic rings. The van der Waals surface area contributed by atoms with E-state index < -0.39 is 11.9 Å². The highest BCUT2D eigenvalue weighted by molar-refractivity contribution is 6.05. The number of likely N-dealkylation sites (tertiary alicyclic amines) is 1. The number of ether oxygens (including phenoxy) is 1. The van der Waals surface area contributed by atoms with E-state index >= 15 is 0 Å². The molecule has 2 unspecified atom stereocenters. The lowest BCUT2D eigenvalue weighted by Crippen LogP contribution is -2.52. The quantitative estimate of drug-likeness (QED) is 0.483. The van der Waals surface area contributed by atoms with Gasteiger partial charge in [0, 0.05) is 25.1 Å². The SMILES string of the molecule is O=C1CCC(N2Cc3cc(OC4CCCN(C(c5ccccc5)c5ccccc5)CC4)ccc3C2=O)C(=O)N1.